The SMILES string of the molecule is CN(C)C(=O)Cn1cc(C(=O)N2CCOCC2(C)C)nn1. The molecule has 1 fully saturated rings. The predicted molar refractivity (Wildman–Crippen MR) is 74.7 cm³/mol. The van der Waals surface area contributed by atoms with E-state index in [1.54, 1.807) is 19.0 Å². The fourth-order valence-corrected chi connectivity index (χ4v) is 2.13. The molecule has 0 atom stereocenters. The number of rotatable bonds is 3. The third-order valence-electron chi connectivity index (χ3n) is 3.44. The highest BCUT2D eigenvalue weighted by Crippen LogP contribution is 2.20. The lowest BCUT2D eigenvalue weighted by molar-refractivity contribution is -0.129. The normalized spacial score (nSPS) is 17.6. The minimum atomic E-state index is -0.376. The summed E-state index contributed by atoms with van der Waals surface area (Å²) in [6, 6.07) is 0. The Labute approximate surface area is 123 Å². The van der Waals surface area contributed by atoms with E-state index in [0.29, 0.717) is 19.8 Å². The van der Waals surface area contributed by atoms with Crippen LogP contribution in [0.5, 0.6) is 0 Å². The quantitative estimate of drug-likeness (QED) is 0.759. The van der Waals surface area contributed by atoms with Crippen molar-refractivity contribution in [3.05, 3.63) is 11.9 Å². The Kier molecular flexibility index (Phi) is 4.26. The molecule has 2 heterocycles. The van der Waals surface area contributed by atoms with E-state index in [2.05, 4.69) is 10.3 Å². The Bertz CT molecular complexity index is 538. The van der Waals surface area contributed by atoms with Gasteiger partial charge < -0.3 is 14.5 Å². The van der Waals surface area contributed by atoms with E-state index in [1.807, 2.05) is 13.8 Å². The lowest BCUT2D eigenvalue weighted by Gasteiger charge is -2.41. The second-order valence-electron chi connectivity index (χ2n) is 5.91. The van der Waals surface area contributed by atoms with Gasteiger partial charge in [0.25, 0.3) is 5.91 Å². The van der Waals surface area contributed by atoms with Crippen LogP contribution in [-0.2, 0) is 16.1 Å². The largest absolute Gasteiger partial charge is 0.377 e. The molecule has 8 heteroatoms. The molecule has 1 saturated heterocycles. The average molecular weight is 295 g/mol. The molecule has 8 nitrogen and oxygen atoms in total. The molecule has 1 aromatic heterocycles. The number of morpholine rings is 1. The first kappa shape index (κ1) is 15.4. The van der Waals surface area contributed by atoms with Crippen LogP contribution in [-0.4, -0.2) is 76.0 Å². The number of carbonyl (C=O) groups excluding carboxylic acids is 2. The van der Waals surface area contributed by atoms with E-state index in [-0.39, 0.29) is 29.6 Å². The third-order valence-corrected chi connectivity index (χ3v) is 3.44. The number of ether oxygens (including phenoxy) is 1. The first-order chi connectivity index (χ1) is 9.81. The molecule has 2 amide bonds. The molecular formula is C13H21N5O3. The molecule has 1 aliphatic rings. The van der Waals surface area contributed by atoms with Gasteiger partial charge in [-0.05, 0) is 13.8 Å². The van der Waals surface area contributed by atoms with Crippen LogP contribution in [0, 0.1) is 0 Å². The van der Waals surface area contributed by atoms with Gasteiger partial charge in [0, 0.05) is 20.6 Å². The fraction of sp³-hybridized carbons (Fsp3) is 0.692. The Morgan fingerprint density at radius 3 is 2.76 bits per heavy atom. The maximum absolute atomic E-state index is 12.5. The molecule has 116 valence electrons. The molecule has 0 N–H and O–H groups in total. The molecule has 0 bridgehead atoms. The van der Waals surface area contributed by atoms with Gasteiger partial charge in [-0.25, -0.2) is 4.68 Å². The van der Waals surface area contributed by atoms with Crippen molar-refractivity contribution in [2.24, 2.45) is 0 Å². The topological polar surface area (TPSA) is 80.6 Å². The van der Waals surface area contributed by atoms with Gasteiger partial charge in [-0.1, -0.05) is 5.21 Å². The molecule has 1 aliphatic heterocycles. The average Bonchev–Trinajstić information content (AvgIpc) is 2.86. The van der Waals surface area contributed by atoms with Crippen molar-refractivity contribution >= 4 is 11.8 Å². The highest BCUT2D eigenvalue weighted by Gasteiger charge is 2.35. The molecule has 0 spiro atoms. The molecular weight excluding hydrogens is 274 g/mol. The number of likely N-dealkylation sites (N-methyl/N-ethyl adjacent to an activating group) is 1. The Morgan fingerprint density at radius 2 is 2.14 bits per heavy atom. The van der Waals surface area contributed by atoms with Crippen molar-refractivity contribution in [2.45, 2.75) is 25.9 Å². The molecule has 1 aromatic rings. The number of aromatic nitrogens is 3. The van der Waals surface area contributed by atoms with E-state index in [0.717, 1.165) is 0 Å². The second-order valence-corrected chi connectivity index (χ2v) is 5.91. The van der Waals surface area contributed by atoms with Crippen LogP contribution in [0.2, 0.25) is 0 Å². The van der Waals surface area contributed by atoms with Gasteiger partial charge >= 0.3 is 0 Å². The summed E-state index contributed by atoms with van der Waals surface area (Å²) in [5.41, 5.74) is -0.130. The number of carbonyl (C=O) groups is 2. The maximum atomic E-state index is 12.5. The highest BCUT2D eigenvalue weighted by atomic mass is 16.5. The van der Waals surface area contributed by atoms with Crippen molar-refractivity contribution in [3.63, 3.8) is 0 Å². The summed E-state index contributed by atoms with van der Waals surface area (Å²) in [7, 11) is 3.34. The number of hydrogen-bond donors (Lipinski definition) is 0. The van der Waals surface area contributed by atoms with Gasteiger partial charge in [-0.15, -0.1) is 5.10 Å². The lowest BCUT2D eigenvalue weighted by atomic mass is 10.0. The first-order valence-corrected chi connectivity index (χ1v) is 6.81. The van der Waals surface area contributed by atoms with Gasteiger partial charge in [-0.2, -0.15) is 0 Å². The minimum Gasteiger partial charge on any atom is -0.377 e. The number of nitrogens with zero attached hydrogens (tertiary/aromatic N) is 5. The molecule has 0 saturated carbocycles. The van der Waals surface area contributed by atoms with Crippen molar-refractivity contribution in [1.82, 2.24) is 24.8 Å². The summed E-state index contributed by atoms with van der Waals surface area (Å²) in [6.07, 6.45) is 1.51. The van der Waals surface area contributed by atoms with Crippen LogP contribution in [0.1, 0.15) is 24.3 Å². The van der Waals surface area contributed by atoms with Crippen molar-refractivity contribution in [2.75, 3.05) is 33.9 Å². The van der Waals surface area contributed by atoms with E-state index in [1.165, 1.54) is 15.8 Å². The Hall–Kier alpha value is -1.96. The second kappa shape index (κ2) is 5.80. The van der Waals surface area contributed by atoms with Crippen molar-refractivity contribution in [3.8, 4) is 0 Å². The number of amides is 2. The number of hydrogen-bond acceptors (Lipinski definition) is 5. The Balaban J connectivity index is 2.10. The molecule has 0 radical (unpaired) electrons. The summed E-state index contributed by atoms with van der Waals surface area (Å²) < 4.78 is 6.78. The van der Waals surface area contributed by atoms with E-state index >= 15 is 0 Å². The lowest BCUT2D eigenvalue weighted by Crippen LogP contribution is -2.55. The van der Waals surface area contributed by atoms with Gasteiger partial charge in [0.05, 0.1) is 24.9 Å². The minimum absolute atomic E-state index is 0.0692. The van der Waals surface area contributed by atoms with Crippen LogP contribution in [0.15, 0.2) is 6.20 Å². The Morgan fingerprint density at radius 1 is 1.43 bits per heavy atom. The summed E-state index contributed by atoms with van der Waals surface area (Å²) >= 11 is 0. The zero-order valence-corrected chi connectivity index (χ0v) is 12.9. The first-order valence-electron chi connectivity index (χ1n) is 6.81. The van der Waals surface area contributed by atoms with Crippen LogP contribution in [0.3, 0.4) is 0 Å². The molecule has 0 aromatic carbocycles. The highest BCUT2D eigenvalue weighted by molar-refractivity contribution is 5.92. The molecule has 0 unspecified atom stereocenters. The summed E-state index contributed by atoms with van der Waals surface area (Å²) in [6.45, 7) is 5.50. The van der Waals surface area contributed by atoms with Crippen LogP contribution < -0.4 is 0 Å². The van der Waals surface area contributed by atoms with Crippen molar-refractivity contribution < 1.29 is 14.3 Å². The van der Waals surface area contributed by atoms with Gasteiger partial charge in [0.1, 0.15) is 6.54 Å². The summed E-state index contributed by atoms with van der Waals surface area (Å²) in [5.74, 6) is -0.294. The fourth-order valence-electron chi connectivity index (χ4n) is 2.13. The molecule has 2 rings (SSSR count). The smallest absolute Gasteiger partial charge is 0.276 e. The summed E-state index contributed by atoms with van der Waals surface area (Å²) in [4.78, 5) is 27.3. The van der Waals surface area contributed by atoms with Gasteiger partial charge in [0.2, 0.25) is 5.91 Å². The van der Waals surface area contributed by atoms with Crippen LogP contribution in [0.4, 0.5) is 0 Å². The monoisotopic (exact) mass is 295 g/mol. The van der Waals surface area contributed by atoms with Gasteiger partial charge in [0.15, 0.2) is 5.69 Å². The molecule has 0 aliphatic carbocycles. The zero-order chi connectivity index (χ0) is 15.6. The zero-order valence-electron chi connectivity index (χ0n) is 12.9. The van der Waals surface area contributed by atoms with Crippen molar-refractivity contribution in [1.29, 1.82) is 0 Å². The summed E-state index contributed by atoms with van der Waals surface area (Å²) in [5, 5.41) is 7.72. The standard InChI is InChI=1S/C13H21N5O3/c1-13(2)9-21-6-5-18(13)12(20)10-7-17(15-14-10)8-11(19)16(3)4/h7H,5-6,8-9H2,1-4H3. The predicted octanol–water partition coefficient (Wildman–Crippen LogP) is -0.383. The van der Waals surface area contributed by atoms with E-state index < -0.39 is 0 Å². The molecule has 21 heavy (non-hydrogen) atoms. The van der Waals surface area contributed by atoms with Gasteiger partial charge in [-0.3, -0.25) is 9.59 Å². The maximum Gasteiger partial charge on any atom is 0.276 e. The van der Waals surface area contributed by atoms with E-state index in [9.17, 15) is 9.59 Å². The van der Waals surface area contributed by atoms with Crippen LogP contribution >= 0.6 is 0 Å². The van der Waals surface area contributed by atoms with E-state index in [4.69, 9.17) is 4.74 Å². The van der Waals surface area contributed by atoms with Crippen LogP contribution in [0.25, 0.3) is 0 Å². The third kappa shape index (κ3) is 3.38.